The fourth-order valence-corrected chi connectivity index (χ4v) is 2.20. The van der Waals surface area contributed by atoms with Crippen molar-refractivity contribution >= 4 is 11.3 Å². The highest BCUT2D eigenvalue weighted by atomic mass is 32.1. The van der Waals surface area contributed by atoms with Crippen LogP contribution >= 0.6 is 11.3 Å². The zero-order valence-corrected chi connectivity index (χ0v) is 10.9. The summed E-state index contributed by atoms with van der Waals surface area (Å²) in [6.45, 7) is 1.54. The molecule has 3 aromatic heterocycles. The zero-order valence-electron chi connectivity index (χ0n) is 10.1. The van der Waals surface area contributed by atoms with E-state index in [0.29, 0.717) is 0 Å². The van der Waals surface area contributed by atoms with Crippen molar-refractivity contribution in [1.82, 2.24) is 30.0 Å². The molecular formula is C12H12N6S. The van der Waals surface area contributed by atoms with Gasteiger partial charge in [-0.3, -0.25) is 0 Å². The Morgan fingerprint density at radius 2 is 2.21 bits per heavy atom. The summed E-state index contributed by atoms with van der Waals surface area (Å²) < 4.78 is 1.63. The summed E-state index contributed by atoms with van der Waals surface area (Å²) in [4.78, 5) is 12.5. The monoisotopic (exact) mass is 272 g/mol. The first kappa shape index (κ1) is 11.9. The zero-order chi connectivity index (χ0) is 12.9. The van der Waals surface area contributed by atoms with E-state index in [1.807, 2.05) is 29.2 Å². The molecule has 0 saturated carbocycles. The van der Waals surface area contributed by atoms with Gasteiger partial charge in [0.15, 0.2) is 5.82 Å². The number of aromatic nitrogens is 5. The molecule has 7 heteroatoms. The molecule has 0 spiro atoms. The molecule has 0 aromatic carbocycles. The van der Waals surface area contributed by atoms with E-state index in [1.54, 1.807) is 22.3 Å². The average Bonchev–Trinajstić information content (AvgIpc) is 3.13. The minimum atomic E-state index is 0.765. The van der Waals surface area contributed by atoms with Gasteiger partial charge in [0.25, 0.3) is 0 Å². The number of hydrogen-bond acceptors (Lipinski definition) is 6. The van der Waals surface area contributed by atoms with Crippen molar-refractivity contribution in [2.75, 3.05) is 0 Å². The van der Waals surface area contributed by atoms with Crippen molar-refractivity contribution in [3.8, 4) is 5.82 Å². The lowest BCUT2D eigenvalue weighted by Gasteiger charge is -2.04. The van der Waals surface area contributed by atoms with E-state index in [9.17, 15) is 0 Å². The first-order valence-corrected chi connectivity index (χ1v) is 6.74. The second kappa shape index (κ2) is 5.68. The van der Waals surface area contributed by atoms with Crippen LogP contribution in [0.2, 0.25) is 0 Å². The molecule has 0 saturated heterocycles. The molecule has 19 heavy (non-hydrogen) atoms. The minimum absolute atomic E-state index is 0.765. The van der Waals surface area contributed by atoms with Gasteiger partial charge in [-0.1, -0.05) is 6.07 Å². The summed E-state index contributed by atoms with van der Waals surface area (Å²) in [5, 5.41) is 9.40. The smallest absolute Gasteiger partial charge is 0.155 e. The SMILES string of the molecule is c1ncn(-c2ccc(CNCc3cscn3)cn2)n1. The molecule has 0 aliphatic carbocycles. The van der Waals surface area contributed by atoms with Crippen LogP contribution in [0.25, 0.3) is 5.82 Å². The number of thiazole rings is 1. The molecule has 0 amide bonds. The van der Waals surface area contributed by atoms with E-state index in [-0.39, 0.29) is 0 Å². The van der Waals surface area contributed by atoms with Crippen LogP contribution in [0.5, 0.6) is 0 Å². The third-order valence-corrected chi connectivity index (χ3v) is 3.22. The molecule has 0 aliphatic rings. The number of nitrogens with one attached hydrogen (secondary N) is 1. The predicted octanol–water partition coefficient (Wildman–Crippen LogP) is 1.41. The summed E-state index contributed by atoms with van der Waals surface area (Å²) in [6, 6.07) is 3.95. The van der Waals surface area contributed by atoms with Gasteiger partial charge in [-0.15, -0.1) is 11.3 Å². The second-order valence-corrected chi connectivity index (χ2v) is 4.67. The third-order valence-electron chi connectivity index (χ3n) is 2.58. The first-order valence-electron chi connectivity index (χ1n) is 5.79. The molecule has 1 N–H and O–H groups in total. The molecule has 0 radical (unpaired) electrons. The number of nitrogens with zero attached hydrogens (tertiary/aromatic N) is 5. The summed E-state index contributed by atoms with van der Waals surface area (Å²) in [7, 11) is 0. The summed E-state index contributed by atoms with van der Waals surface area (Å²) in [5.41, 5.74) is 4.03. The quantitative estimate of drug-likeness (QED) is 0.760. The van der Waals surface area contributed by atoms with Gasteiger partial charge >= 0.3 is 0 Å². The van der Waals surface area contributed by atoms with E-state index < -0.39 is 0 Å². The average molecular weight is 272 g/mol. The highest BCUT2D eigenvalue weighted by Crippen LogP contribution is 2.05. The van der Waals surface area contributed by atoms with Crippen LogP contribution in [-0.4, -0.2) is 24.7 Å². The summed E-state index contributed by atoms with van der Waals surface area (Å²) in [5.74, 6) is 0.765. The van der Waals surface area contributed by atoms with E-state index in [4.69, 9.17) is 0 Å². The maximum absolute atomic E-state index is 4.34. The Kier molecular flexibility index (Phi) is 3.57. The highest BCUT2D eigenvalue weighted by Gasteiger charge is 1.99. The Labute approximate surface area is 114 Å². The van der Waals surface area contributed by atoms with Gasteiger partial charge in [0.05, 0.1) is 11.2 Å². The minimum Gasteiger partial charge on any atom is -0.307 e. The molecule has 96 valence electrons. The van der Waals surface area contributed by atoms with Gasteiger partial charge in [0, 0.05) is 24.7 Å². The van der Waals surface area contributed by atoms with Crippen LogP contribution in [0.15, 0.2) is 41.9 Å². The summed E-state index contributed by atoms with van der Waals surface area (Å²) >= 11 is 1.61. The molecular weight excluding hydrogens is 260 g/mol. The normalized spacial score (nSPS) is 10.7. The molecule has 3 rings (SSSR count). The van der Waals surface area contributed by atoms with Gasteiger partial charge in [0.1, 0.15) is 12.7 Å². The van der Waals surface area contributed by atoms with Crippen LogP contribution in [-0.2, 0) is 13.1 Å². The number of pyridine rings is 1. The van der Waals surface area contributed by atoms with Gasteiger partial charge in [-0.05, 0) is 11.6 Å². The van der Waals surface area contributed by atoms with Crippen molar-refractivity contribution < 1.29 is 0 Å². The topological polar surface area (TPSA) is 68.5 Å². The van der Waals surface area contributed by atoms with Gasteiger partial charge in [0.2, 0.25) is 0 Å². The fourth-order valence-electron chi connectivity index (χ4n) is 1.64. The van der Waals surface area contributed by atoms with E-state index in [2.05, 4.69) is 25.4 Å². The van der Waals surface area contributed by atoms with Crippen molar-refractivity contribution in [1.29, 1.82) is 0 Å². The molecule has 0 fully saturated rings. The molecule has 3 aromatic rings. The Morgan fingerprint density at radius 1 is 1.21 bits per heavy atom. The highest BCUT2D eigenvalue weighted by molar-refractivity contribution is 7.07. The Balaban J connectivity index is 1.57. The molecule has 3 heterocycles. The van der Waals surface area contributed by atoms with E-state index in [1.165, 1.54) is 6.33 Å². The maximum Gasteiger partial charge on any atom is 0.155 e. The molecule has 0 aliphatic heterocycles. The van der Waals surface area contributed by atoms with Crippen LogP contribution in [0.3, 0.4) is 0 Å². The number of rotatable bonds is 5. The summed E-state index contributed by atoms with van der Waals surface area (Å²) in [6.07, 6.45) is 4.96. The molecule has 0 bridgehead atoms. The van der Waals surface area contributed by atoms with E-state index in [0.717, 1.165) is 30.2 Å². The van der Waals surface area contributed by atoms with Crippen molar-refractivity contribution in [2.45, 2.75) is 13.1 Å². The van der Waals surface area contributed by atoms with Gasteiger partial charge in [-0.25, -0.2) is 19.6 Å². The fraction of sp³-hybridized carbons (Fsp3) is 0.167. The standard InChI is InChI=1S/C12H12N6S/c1-2-12(18-8-14-7-17-18)15-4-10(1)3-13-5-11-6-19-9-16-11/h1-2,4,6-9,13H,3,5H2. The van der Waals surface area contributed by atoms with E-state index >= 15 is 0 Å². The third kappa shape index (κ3) is 3.01. The van der Waals surface area contributed by atoms with Crippen LogP contribution in [0, 0.1) is 0 Å². The van der Waals surface area contributed by atoms with Crippen LogP contribution in [0.1, 0.15) is 11.3 Å². The lowest BCUT2D eigenvalue weighted by molar-refractivity contribution is 0.680. The Bertz CT molecular complexity index is 602. The molecule has 0 unspecified atom stereocenters. The van der Waals surface area contributed by atoms with Gasteiger partial charge < -0.3 is 5.32 Å². The van der Waals surface area contributed by atoms with Crippen LogP contribution < -0.4 is 5.32 Å². The van der Waals surface area contributed by atoms with Gasteiger partial charge in [-0.2, -0.15) is 5.10 Å². The maximum atomic E-state index is 4.34. The van der Waals surface area contributed by atoms with Crippen molar-refractivity contribution in [2.24, 2.45) is 0 Å². The van der Waals surface area contributed by atoms with Crippen LogP contribution in [0.4, 0.5) is 0 Å². The Morgan fingerprint density at radius 3 is 2.89 bits per heavy atom. The molecule has 0 atom stereocenters. The second-order valence-electron chi connectivity index (χ2n) is 3.95. The largest absolute Gasteiger partial charge is 0.307 e. The van der Waals surface area contributed by atoms with Crippen molar-refractivity contribution in [3.63, 3.8) is 0 Å². The molecule has 6 nitrogen and oxygen atoms in total. The lowest BCUT2D eigenvalue weighted by atomic mass is 10.3. The van der Waals surface area contributed by atoms with Crippen molar-refractivity contribution in [3.05, 3.63) is 53.1 Å². The Hall–Kier alpha value is -2.12. The number of hydrogen-bond donors (Lipinski definition) is 1. The predicted molar refractivity (Wildman–Crippen MR) is 71.8 cm³/mol. The first-order chi connectivity index (χ1) is 9.42. The lowest BCUT2D eigenvalue weighted by Crippen LogP contribution is -2.13.